The summed E-state index contributed by atoms with van der Waals surface area (Å²) in [5, 5.41) is 23.3. The minimum absolute atomic E-state index is 0.149. The van der Waals surface area contributed by atoms with E-state index >= 15 is 0 Å². The lowest BCUT2D eigenvalue weighted by molar-refractivity contribution is 0.0684. The van der Waals surface area contributed by atoms with Crippen molar-refractivity contribution in [2.45, 2.75) is 57.1 Å². The average molecular weight is 270 g/mol. The van der Waals surface area contributed by atoms with Crippen LogP contribution < -0.4 is 5.32 Å². The zero-order valence-corrected chi connectivity index (χ0v) is 12.3. The normalized spacial score (nSPS) is 34.6. The Balaban J connectivity index is 1.75. The Labute approximate surface area is 117 Å². The largest absolute Gasteiger partial charge is 0.394 e. The first-order valence-electron chi connectivity index (χ1n) is 7.90. The first-order chi connectivity index (χ1) is 9.13. The fourth-order valence-electron chi connectivity index (χ4n) is 3.68. The van der Waals surface area contributed by atoms with E-state index < -0.39 is 0 Å². The summed E-state index contributed by atoms with van der Waals surface area (Å²) in [6, 6.07) is 0. The molecule has 0 radical (unpaired) electrons. The Bertz CT molecular complexity index is 269. The first kappa shape index (κ1) is 15.2. The highest BCUT2D eigenvalue weighted by atomic mass is 16.3. The van der Waals surface area contributed by atoms with Crippen molar-refractivity contribution in [3.8, 4) is 0 Å². The number of aliphatic hydroxyl groups is 2. The minimum Gasteiger partial charge on any atom is -0.394 e. The molecule has 3 atom stereocenters. The fourth-order valence-corrected chi connectivity index (χ4v) is 3.68. The van der Waals surface area contributed by atoms with E-state index in [2.05, 4.69) is 17.1 Å². The molecule has 1 aliphatic heterocycles. The van der Waals surface area contributed by atoms with Gasteiger partial charge < -0.3 is 20.4 Å². The number of β-amino-alcohol motifs (C(OH)–C–C–N with tert-alkyl or cyclic N) is 1. The number of likely N-dealkylation sites (tertiary alicyclic amines) is 1. The number of rotatable bonds is 6. The van der Waals surface area contributed by atoms with Gasteiger partial charge in [0.1, 0.15) is 0 Å². The molecule has 4 nitrogen and oxygen atoms in total. The summed E-state index contributed by atoms with van der Waals surface area (Å²) in [7, 11) is 0. The van der Waals surface area contributed by atoms with Crippen molar-refractivity contribution in [1.29, 1.82) is 0 Å². The SMILES string of the molecule is CC1CCCC(CO)(NCC(O)CN2CCCC2)C1. The maximum absolute atomic E-state index is 10.1. The molecular weight excluding hydrogens is 240 g/mol. The molecule has 3 N–H and O–H groups in total. The van der Waals surface area contributed by atoms with Gasteiger partial charge in [-0.05, 0) is 44.7 Å². The van der Waals surface area contributed by atoms with E-state index in [1.165, 1.54) is 25.7 Å². The second kappa shape index (κ2) is 7.02. The van der Waals surface area contributed by atoms with Crippen LogP contribution in [0.2, 0.25) is 0 Å². The average Bonchev–Trinajstić information content (AvgIpc) is 2.89. The third-order valence-corrected chi connectivity index (χ3v) is 4.77. The van der Waals surface area contributed by atoms with Crippen molar-refractivity contribution in [3.63, 3.8) is 0 Å². The van der Waals surface area contributed by atoms with Gasteiger partial charge in [0, 0.05) is 18.6 Å². The molecule has 0 bridgehead atoms. The first-order valence-corrected chi connectivity index (χ1v) is 7.90. The van der Waals surface area contributed by atoms with E-state index in [1.54, 1.807) is 0 Å². The van der Waals surface area contributed by atoms with Gasteiger partial charge >= 0.3 is 0 Å². The van der Waals surface area contributed by atoms with E-state index in [9.17, 15) is 10.2 Å². The molecule has 1 saturated carbocycles. The fraction of sp³-hybridized carbons (Fsp3) is 1.00. The summed E-state index contributed by atoms with van der Waals surface area (Å²) < 4.78 is 0. The quantitative estimate of drug-likeness (QED) is 0.673. The van der Waals surface area contributed by atoms with E-state index in [4.69, 9.17) is 0 Å². The molecule has 4 heteroatoms. The topological polar surface area (TPSA) is 55.7 Å². The van der Waals surface area contributed by atoms with E-state index in [-0.39, 0.29) is 18.2 Å². The molecule has 1 saturated heterocycles. The van der Waals surface area contributed by atoms with Crippen LogP contribution in [0.1, 0.15) is 45.4 Å². The number of nitrogens with one attached hydrogen (secondary N) is 1. The Morgan fingerprint density at radius 3 is 2.68 bits per heavy atom. The molecule has 112 valence electrons. The van der Waals surface area contributed by atoms with Gasteiger partial charge in [0.05, 0.1) is 12.7 Å². The lowest BCUT2D eigenvalue weighted by atomic mass is 9.77. The number of aliphatic hydroxyl groups excluding tert-OH is 2. The van der Waals surface area contributed by atoms with Crippen LogP contribution in [0.3, 0.4) is 0 Å². The zero-order valence-electron chi connectivity index (χ0n) is 12.3. The minimum atomic E-state index is -0.321. The van der Waals surface area contributed by atoms with Crippen LogP contribution in [0, 0.1) is 5.92 Å². The molecule has 0 aromatic rings. The molecule has 2 fully saturated rings. The molecule has 3 unspecified atom stereocenters. The standard InChI is InChI=1S/C15H30N2O2/c1-13-5-4-6-15(9-13,12-18)16-10-14(19)11-17-7-2-3-8-17/h13-14,16,18-19H,2-12H2,1H3. The van der Waals surface area contributed by atoms with Gasteiger partial charge in [-0.3, -0.25) is 0 Å². The van der Waals surface area contributed by atoms with E-state index in [0.29, 0.717) is 12.5 Å². The van der Waals surface area contributed by atoms with E-state index in [1.807, 2.05) is 0 Å². The van der Waals surface area contributed by atoms with Crippen molar-refractivity contribution < 1.29 is 10.2 Å². The predicted molar refractivity (Wildman–Crippen MR) is 77.1 cm³/mol. The molecule has 0 aromatic carbocycles. The Morgan fingerprint density at radius 2 is 2.05 bits per heavy atom. The summed E-state index contributed by atoms with van der Waals surface area (Å²) in [5.74, 6) is 0.670. The number of nitrogens with zero attached hydrogens (tertiary/aromatic N) is 1. The summed E-state index contributed by atoms with van der Waals surface area (Å²) >= 11 is 0. The molecule has 2 rings (SSSR count). The van der Waals surface area contributed by atoms with Crippen LogP contribution in [0.25, 0.3) is 0 Å². The second-order valence-electron chi connectivity index (χ2n) is 6.68. The molecule has 19 heavy (non-hydrogen) atoms. The highest BCUT2D eigenvalue weighted by molar-refractivity contribution is 4.93. The third kappa shape index (κ3) is 4.42. The van der Waals surface area contributed by atoms with Crippen LogP contribution in [0.4, 0.5) is 0 Å². The van der Waals surface area contributed by atoms with Crippen LogP contribution in [0.5, 0.6) is 0 Å². The molecule has 2 aliphatic rings. The van der Waals surface area contributed by atoms with Gasteiger partial charge in [-0.15, -0.1) is 0 Å². The zero-order chi connectivity index (χ0) is 13.7. The summed E-state index contributed by atoms with van der Waals surface area (Å²) in [5.41, 5.74) is -0.149. The molecule has 0 aromatic heterocycles. The van der Waals surface area contributed by atoms with E-state index in [0.717, 1.165) is 32.5 Å². The van der Waals surface area contributed by atoms with Crippen molar-refractivity contribution in [2.75, 3.05) is 32.8 Å². The van der Waals surface area contributed by atoms with Crippen molar-refractivity contribution in [3.05, 3.63) is 0 Å². The maximum Gasteiger partial charge on any atom is 0.0791 e. The summed E-state index contributed by atoms with van der Waals surface area (Å²) in [4.78, 5) is 2.33. The van der Waals surface area contributed by atoms with Crippen molar-refractivity contribution in [2.24, 2.45) is 5.92 Å². The van der Waals surface area contributed by atoms with Crippen molar-refractivity contribution in [1.82, 2.24) is 10.2 Å². The Morgan fingerprint density at radius 1 is 1.32 bits per heavy atom. The molecule has 1 heterocycles. The van der Waals surface area contributed by atoms with Gasteiger partial charge in [-0.1, -0.05) is 19.8 Å². The summed E-state index contributed by atoms with van der Waals surface area (Å²) in [6.45, 7) is 6.06. The molecule has 0 spiro atoms. The van der Waals surface area contributed by atoms with Gasteiger partial charge in [-0.25, -0.2) is 0 Å². The number of hydrogen-bond acceptors (Lipinski definition) is 4. The lowest BCUT2D eigenvalue weighted by Gasteiger charge is -2.40. The van der Waals surface area contributed by atoms with Crippen LogP contribution >= 0.6 is 0 Å². The van der Waals surface area contributed by atoms with Crippen LogP contribution in [-0.4, -0.2) is 59.5 Å². The second-order valence-corrected chi connectivity index (χ2v) is 6.68. The Kier molecular flexibility index (Phi) is 5.63. The lowest BCUT2D eigenvalue weighted by Crippen LogP contribution is -2.54. The monoisotopic (exact) mass is 270 g/mol. The molecule has 0 amide bonds. The predicted octanol–water partition coefficient (Wildman–Crippen LogP) is 0.974. The van der Waals surface area contributed by atoms with Gasteiger partial charge in [-0.2, -0.15) is 0 Å². The van der Waals surface area contributed by atoms with Crippen LogP contribution in [0.15, 0.2) is 0 Å². The highest BCUT2D eigenvalue weighted by Gasteiger charge is 2.34. The number of hydrogen-bond donors (Lipinski definition) is 3. The van der Waals surface area contributed by atoms with Gasteiger partial charge in [0.15, 0.2) is 0 Å². The maximum atomic E-state index is 10.1. The smallest absolute Gasteiger partial charge is 0.0791 e. The summed E-state index contributed by atoms with van der Waals surface area (Å²) in [6.07, 6.45) is 6.70. The highest BCUT2D eigenvalue weighted by Crippen LogP contribution is 2.31. The van der Waals surface area contributed by atoms with Crippen LogP contribution in [-0.2, 0) is 0 Å². The van der Waals surface area contributed by atoms with Gasteiger partial charge in [0.2, 0.25) is 0 Å². The third-order valence-electron chi connectivity index (χ3n) is 4.77. The molecule has 1 aliphatic carbocycles. The van der Waals surface area contributed by atoms with Crippen molar-refractivity contribution >= 4 is 0 Å². The Hall–Kier alpha value is -0.160. The molecular formula is C15H30N2O2. The van der Waals surface area contributed by atoms with Gasteiger partial charge in [0.25, 0.3) is 0 Å².